The Balaban J connectivity index is 0.000000270. The molecule has 0 spiro atoms. The molecule has 0 nitrogen and oxygen atoms in total. The average molecular weight is 232 g/mol. The molecule has 0 aromatic heterocycles. The lowest BCUT2D eigenvalue weighted by Gasteiger charge is -2.18. The third kappa shape index (κ3) is 7.79. The molecule has 0 aliphatic heterocycles. The Morgan fingerprint density at radius 3 is 1.82 bits per heavy atom. The van der Waals surface area contributed by atoms with Crippen molar-refractivity contribution >= 4 is 0 Å². The molecule has 1 aliphatic rings. The number of aryl methyl sites for hydroxylation is 3. The van der Waals surface area contributed by atoms with E-state index in [-0.39, 0.29) is 0 Å². The van der Waals surface area contributed by atoms with E-state index in [9.17, 15) is 0 Å². The van der Waals surface area contributed by atoms with Crippen LogP contribution in [0.1, 0.15) is 49.8 Å². The number of benzene rings is 1. The van der Waals surface area contributed by atoms with Crippen molar-refractivity contribution in [2.24, 2.45) is 5.92 Å². The summed E-state index contributed by atoms with van der Waals surface area (Å²) in [5, 5.41) is 0. The van der Waals surface area contributed by atoms with Gasteiger partial charge in [0.15, 0.2) is 0 Å². The maximum absolute atomic E-state index is 3.36. The van der Waals surface area contributed by atoms with Crippen molar-refractivity contribution in [3.05, 3.63) is 47.5 Å². The Morgan fingerprint density at radius 2 is 1.59 bits per heavy atom. The van der Waals surface area contributed by atoms with Gasteiger partial charge in [-0.2, -0.15) is 0 Å². The largest absolute Gasteiger partial charge is 0.103 e. The number of hydrogen-bond donors (Lipinski definition) is 0. The summed E-state index contributed by atoms with van der Waals surface area (Å²) in [4.78, 5) is 0. The first-order chi connectivity index (χ1) is 8.01. The lowest BCUT2D eigenvalue weighted by Crippen LogP contribution is -2.04. The lowest BCUT2D eigenvalue weighted by atomic mass is 9.88. The van der Waals surface area contributed by atoms with Crippen molar-refractivity contribution < 1.29 is 0 Å². The summed E-state index contributed by atoms with van der Waals surface area (Å²) < 4.78 is 0. The molecule has 0 atom stereocenters. The van der Waals surface area contributed by atoms with Gasteiger partial charge >= 0.3 is 0 Å². The molecule has 1 fully saturated rings. The van der Waals surface area contributed by atoms with E-state index < -0.39 is 0 Å². The lowest BCUT2D eigenvalue weighted by molar-refractivity contribution is 0.346. The third-order valence-corrected chi connectivity index (χ3v) is 3.06. The van der Waals surface area contributed by atoms with Crippen LogP contribution in [-0.2, 0) is 0 Å². The maximum Gasteiger partial charge on any atom is -0.0395 e. The number of hydrogen-bond acceptors (Lipinski definition) is 0. The molecule has 1 saturated carbocycles. The molecule has 1 aromatic carbocycles. The minimum atomic E-state index is 1.06. The van der Waals surface area contributed by atoms with E-state index in [0.29, 0.717) is 0 Å². The summed E-state index contributed by atoms with van der Waals surface area (Å²) >= 11 is 0. The molecule has 1 aromatic rings. The van der Waals surface area contributed by atoms with E-state index in [1.54, 1.807) is 6.08 Å². The summed E-state index contributed by atoms with van der Waals surface area (Å²) in [6, 6.07) is 6.50. The van der Waals surface area contributed by atoms with Gasteiger partial charge < -0.3 is 0 Å². The second kappa shape index (κ2) is 9.04. The van der Waals surface area contributed by atoms with E-state index in [1.807, 2.05) is 6.92 Å². The summed E-state index contributed by atoms with van der Waals surface area (Å²) in [5.41, 5.74) is 4.11. The van der Waals surface area contributed by atoms with E-state index in [2.05, 4.69) is 52.5 Å². The summed E-state index contributed by atoms with van der Waals surface area (Å²) in [6.07, 6.45) is 6.21. The minimum absolute atomic E-state index is 1.06. The Kier molecular flexibility index (Phi) is 8.49. The van der Waals surface area contributed by atoms with Crippen molar-refractivity contribution in [1.29, 1.82) is 0 Å². The van der Waals surface area contributed by atoms with Crippen molar-refractivity contribution in [1.82, 2.24) is 0 Å². The molecule has 0 heteroatoms. The van der Waals surface area contributed by atoms with Gasteiger partial charge in [0.2, 0.25) is 0 Å². The zero-order valence-electron chi connectivity index (χ0n) is 12.2. The summed E-state index contributed by atoms with van der Waals surface area (Å²) in [5.74, 6) is 1.06. The molecular weight excluding hydrogens is 204 g/mol. The van der Waals surface area contributed by atoms with Gasteiger partial charge in [-0.05, 0) is 44.7 Å². The van der Waals surface area contributed by atoms with Gasteiger partial charge in [0.25, 0.3) is 0 Å². The third-order valence-electron chi connectivity index (χ3n) is 3.06. The first kappa shape index (κ1) is 16.0. The van der Waals surface area contributed by atoms with E-state index >= 15 is 0 Å². The summed E-state index contributed by atoms with van der Waals surface area (Å²) in [6.45, 7) is 14.0. The van der Waals surface area contributed by atoms with Gasteiger partial charge in [0.1, 0.15) is 0 Å². The van der Waals surface area contributed by atoms with E-state index in [4.69, 9.17) is 0 Å². The second-order valence-electron chi connectivity index (χ2n) is 5.03. The van der Waals surface area contributed by atoms with Gasteiger partial charge in [-0.1, -0.05) is 56.0 Å². The molecule has 0 N–H and O–H groups in total. The molecular formula is C17H28. The topological polar surface area (TPSA) is 0 Å². The van der Waals surface area contributed by atoms with Crippen molar-refractivity contribution in [2.45, 2.75) is 53.9 Å². The fourth-order valence-electron chi connectivity index (χ4n) is 1.50. The van der Waals surface area contributed by atoms with Gasteiger partial charge in [0.05, 0.1) is 0 Å². The highest BCUT2D eigenvalue weighted by atomic mass is 14.1. The Labute approximate surface area is 108 Å². The molecule has 0 radical (unpaired) electrons. The Bertz CT molecular complexity index is 319. The molecule has 96 valence electrons. The molecule has 1 aliphatic carbocycles. The van der Waals surface area contributed by atoms with Crippen LogP contribution in [0.3, 0.4) is 0 Å². The molecule has 2 rings (SSSR count). The zero-order chi connectivity index (χ0) is 13.3. The number of allylic oxidation sites excluding steroid dienone is 1. The van der Waals surface area contributed by atoms with Gasteiger partial charge in [-0.3, -0.25) is 0 Å². The van der Waals surface area contributed by atoms with Crippen molar-refractivity contribution in [3.8, 4) is 0 Å². The van der Waals surface area contributed by atoms with E-state index in [0.717, 1.165) is 5.92 Å². The van der Waals surface area contributed by atoms with Crippen LogP contribution in [0.5, 0.6) is 0 Å². The van der Waals surface area contributed by atoms with Crippen LogP contribution < -0.4 is 0 Å². The van der Waals surface area contributed by atoms with Gasteiger partial charge in [-0.25, -0.2) is 0 Å². The zero-order valence-corrected chi connectivity index (χ0v) is 12.2. The highest BCUT2D eigenvalue weighted by Gasteiger charge is 2.09. The predicted octanol–water partition coefficient (Wildman–Crippen LogP) is 5.61. The average Bonchev–Trinajstić information content (AvgIpc) is 2.23. The van der Waals surface area contributed by atoms with Crippen LogP contribution in [0.25, 0.3) is 0 Å². The molecule has 0 amide bonds. The maximum atomic E-state index is 3.36. The van der Waals surface area contributed by atoms with Crippen LogP contribution in [0, 0.1) is 26.7 Å². The summed E-state index contributed by atoms with van der Waals surface area (Å²) in [7, 11) is 0. The highest BCUT2D eigenvalue weighted by Crippen LogP contribution is 2.24. The quantitative estimate of drug-likeness (QED) is 0.510. The first-order valence-electron chi connectivity index (χ1n) is 6.62. The second-order valence-corrected chi connectivity index (χ2v) is 5.03. The van der Waals surface area contributed by atoms with Crippen LogP contribution in [0.15, 0.2) is 30.9 Å². The standard InChI is InChI=1S/C9H12.C5H10.C3H6/c1-7-4-5-8(2)9(3)6-7;1-5-3-2-4-5;1-3-2/h4-6H,1-3H3;5H,2-4H2,1H3;3H,1H2,2H3. The number of rotatable bonds is 0. The molecule has 0 heterocycles. The fraction of sp³-hybridized carbons (Fsp3) is 0.529. The van der Waals surface area contributed by atoms with Crippen LogP contribution in [0.4, 0.5) is 0 Å². The SMILES string of the molecule is C=CC.CC1CCC1.Cc1ccc(C)c(C)c1. The highest BCUT2D eigenvalue weighted by molar-refractivity contribution is 5.28. The fourth-order valence-corrected chi connectivity index (χ4v) is 1.50. The smallest absolute Gasteiger partial charge is 0.0395 e. The van der Waals surface area contributed by atoms with Crippen LogP contribution in [0.2, 0.25) is 0 Å². The predicted molar refractivity (Wildman–Crippen MR) is 79.5 cm³/mol. The normalized spacial score (nSPS) is 13.5. The van der Waals surface area contributed by atoms with Crippen molar-refractivity contribution in [3.63, 3.8) is 0 Å². The molecule has 0 saturated heterocycles. The first-order valence-corrected chi connectivity index (χ1v) is 6.62. The van der Waals surface area contributed by atoms with Gasteiger partial charge in [0, 0.05) is 0 Å². The van der Waals surface area contributed by atoms with Crippen LogP contribution >= 0.6 is 0 Å². The Hall–Kier alpha value is -1.04. The van der Waals surface area contributed by atoms with Crippen molar-refractivity contribution in [2.75, 3.05) is 0 Å². The van der Waals surface area contributed by atoms with E-state index in [1.165, 1.54) is 36.0 Å². The molecule has 17 heavy (non-hydrogen) atoms. The molecule has 0 unspecified atom stereocenters. The molecule has 0 bridgehead atoms. The van der Waals surface area contributed by atoms with Crippen LogP contribution in [-0.4, -0.2) is 0 Å². The Morgan fingerprint density at radius 1 is 1.12 bits per heavy atom. The minimum Gasteiger partial charge on any atom is -0.103 e. The monoisotopic (exact) mass is 232 g/mol. The van der Waals surface area contributed by atoms with Gasteiger partial charge in [-0.15, -0.1) is 6.58 Å².